The molecule has 0 aliphatic rings. The summed E-state index contributed by atoms with van der Waals surface area (Å²) in [6, 6.07) is 21.9. The van der Waals surface area contributed by atoms with Crippen LogP contribution in [0, 0.1) is 5.82 Å². The molecule has 0 aliphatic carbocycles. The third-order valence-corrected chi connectivity index (χ3v) is 7.84. The van der Waals surface area contributed by atoms with Gasteiger partial charge in [-0.05, 0) is 48.2 Å². The van der Waals surface area contributed by atoms with Crippen molar-refractivity contribution in [3.8, 4) is 5.75 Å². The largest absolute Gasteiger partial charge is 0.491 e. The lowest BCUT2D eigenvalue weighted by Gasteiger charge is -2.10. The number of halogens is 2. The molecule has 0 atom stereocenters. The second-order valence-electron chi connectivity index (χ2n) is 8.36. The highest BCUT2D eigenvalue weighted by atomic mass is 35.5. The molecule has 4 aromatic carbocycles. The molecule has 0 bridgehead atoms. The second-order valence-corrected chi connectivity index (χ2v) is 10.6. The molecule has 9 heteroatoms. The van der Waals surface area contributed by atoms with Gasteiger partial charge < -0.3 is 10.5 Å². The van der Waals surface area contributed by atoms with Crippen LogP contribution in [0.2, 0.25) is 5.02 Å². The second kappa shape index (κ2) is 9.89. The topological polar surface area (TPSA) is 87.2 Å². The van der Waals surface area contributed by atoms with Crippen molar-refractivity contribution in [2.75, 3.05) is 13.2 Å². The summed E-state index contributed by atoms with van der Waals surface area (Å²) in [4.78, 5) is 0.102. The molecule has 0 spiro atoms. The zero-order valence-electron chi connectivity index (χ0n) is 19.2. The summed E-state index contributed by atoms with van der Waals surface area (Å²) < 4.78 is 50.1. The van der Waals surface area contributed by atoms with E-state index in [2.05, 4.69) is 5.10 Å². The highest BCUT2D eigenvalue weighted by Crippen LogP contribution is 2.36. The Kier molecular flexibility index (Phi) is 6.66. The van der Waals surface area contributed by atoms with Crippen LogP contribution in [-0.4, -0.2) is 31.3 Å². The molecule has 5 rings (SSSR count). The van der Waals surface area contributed by atoms with Gasteiger partial charge in [-0.2, -0.15) is 5.10 Å². The maximum absolute atomic E-state index is 14.8. The third kappa shape index (κ3) is 4.55. The van der Waals surface area contributed by atoms with Crippen molar-refractivity contribution in [2.24, 2.45) is 5.73 Å². The van der Waals surface area contributed by atoms with E-state index in [0.717, 1.165) is 10.9 Å². The van der Waals surface area contributed by atoms with E-state index < -0.39 is 15.7 Å². The number of rotatable bonds is 8. The Balaban J connectivity index is 1.75. The molecule has 6 nitrogen and oxygen atoms in total. The Bertz CT molecular complexity index is 1680. The molecule has 36 heavy (non-hydrogen) atoms. The van der Waals surface area contributed by atoms with E-state index in [1.165, 1.54) is 22.9 Å². The minimum Gasteiger partial charge on any atom is -0.491 e. The predicted octanol–water partition coefficient (Wildman–Crippen LogP) is 5.59. The summed E-state index contributed by atoms with van der Waals surface area (Å²) in [5.41, 5.74) is 6.77. The first-order valence-electron chi connectivity index (χ1n) is 11.4. The van der Waals surface area contributed by atoms with E-state index in [0.29, 0.717) is 28.9 Å². The highest BCUT2D eigenvalue weighted by molar-refractivity contribution is 7.91. The summed E-state index contributed by atoms with van der Waals surface area (Å²) >= 11 is 6.17. The van der Waals surface area contributed by atoms with Crippen molar-refractivity contribution < 1.29 is 17.5 Å². The Morgan fingerprint density at radius 3 is 2.56 bits per heavy atom. The minimum atomic E-state index is -4.13. The highest BCUT2D eigenvalue weighted by Gasteiger charge is 2.29. The van der Waals surface area contributed by atoms with Crippen LogP contribution in [0.4, 0.5) is 4.39 Å². The van der Waals surface area contributed by atoms with Gasteiger partial charge in [0.25, 0.3) is 0 Å². The van der Waals surface area contributed by atoms with Gasteiger partial charge >= 0.3 is 0 Å². The summed E-state index contributed by atoms with van der Waals surface area (Å²) in [7, 11) is -4.13. The molecular formula is C27H23ClFN3O3S. The number of nitrogens with zero attached hydrogens (tertiary/aromatic N) is 2. The van der Waals surface area contributed by atoms with E-state index in [-0.39, 0.29) is 34.2 Å². The quantitative estimate of drug-likeness (QED) is 0.268. The zero-order chi connectivity index (χ0) is 25.3. The van der Waals surface area contributed by atoms with Crippen LogP contribution in [0.3, 0.4) is 0 Å². The maximum atomic E-state index is 14.8. The van der Waals surface area contributed by atoms with Crippen molar-refractivity contribution in [1.29, 1.82) is 0 Å². The molecular weight excluding hydrogens is 501 g/mol. The fourth-order valence-electron chi connectivity index (χ4n) is 4.25. The molecule has 1 heterocycles. The van der Waals surface area contributed by atoms with Crippen LogP contribution in [0.25, 0.3) is 21.7 Å². The number of nitrogens with two attached hydrogens (primary N) is 1. The van der Waals surface area contributed by atoms with Gasteiger partial charge in [0.1, 0.15) is 17.1 Å². The van der Waals surface area contributed by atoms with E-state index in [4.69, 9.17) is 22.1 Å². The third-order valence-electron chi connectivity index (χ3n) is 5.86. The molecule has 184 valence electrons. The van der Waals surface area contributed by atoms with E-state index in [1.807, 2.05) is 24.3 Å². The smallest absolute Gasteiger partial charge is 0.226 e. The van der Waals surface area contributed by atoms with E-state index >= 15 is 0 Å². The van der Waals surface area contributed by atoms with Crippen molar-refractivity contribution in [3.05, 3.63) is 95.3 Å². The Labute approximate surface area is 213 Å². The lowest BCUT2D eigenvalue weighted by Crippen LogP contribution is -2.08. The average Bonchev–Trinajstić information content (AvgIpc) is 3.22. The monoisotopic (exact) mass is 523 g/mol. The average molecular weight is 524 g/mol. The number of sulfone groups is 1. The summed E-state index contributed by atoms with van der Waals surface area (Å²) in [6.45, 7) is 0.866. The molecule has 0 radical (unpaired) electrons. The number of benzene rings is 4. The first-order valence-corrected chi connectivity index (χ1v) is 13.2. The zero-order valence-corrected chi connectivity index (χ0v) is 20.8. The van der Waals surface area contributed by atoms with Crippen molar-refractivity contribution in [3.63, 3.8) is 0 Å². The van der Waals surface area contributed by atoms with E-state index in [9.17, 15) is 12.8 Å². The number of aromatic nitrogens is 2. The van der Waals surface area contributed by atoms with Gasteiger partial charge in [0.05, 0.1) is 18.0 Å². The summed E-state index contributed by atoms with van der Waals surface area (Å²) in [5.74, 6) is -0.422. The molecule has 1 aromatic heterocycles. The van der Waals surface area contributed by atoms with Crippen LogP contribution in [0.5, 0.6) is 5.75 Å². The van der Waals surface area contributed by atoms with Gasteiger partial charge in [0, 0.05) is 21.9 Å². The van der Waals surface area contributed by atoms with Crippen molar-refractivity contribution in [2.45, 2.75) is 22.9 Å². The van der Waals surface area contributed by atoms with Gasteiger partial charge in [-0.25, -0.2) is 12.8 Å². The Hall–Kier alpha value is -3.46. The van der Waals surface area contributed by atoms with Gasteiger partial charge in [-0.3, -0.25) is 4.68 Å². The van der Waals surface area contributed by atoms with Gasteiger partial charge in [-0.1, -0.05) is 60.1 Å². The van der Waals surface area contributed by atoms with Crippen LogP contribution in [0.15, 0.2) is 88.8 Å². The SMILES string of the molecule is NCCCOc1cc(F)cc2c(S(=O)(=O)c3cccc4ccccc34)nn(Cc3cccc(Cl)c3)c12. The lowest BCUT2D eigenvalue weighted by atomic mass is 10.1. The number of hydrogen-bond donors (Lipinski definition) is 1. The van der Waals surface area contributed by atoms with Gasteiger partial charge in [-0.15, -0.1) is 0 Å². The molecule has 0 saturated carbocycles. The van der Waals surface area contributed by atoms with E-state index in [1.54, 1.807) is 36.4 Å². The summed E-state index contributed by atoms with van der Waals surface area (Å²) in [6.07, 6.45) is 0.557. The number of ether oxygens (including phenoxy) is 1. The maximum Gasteiger partial charge on any atom is 0.226 e. The number of hydrogen-bond acceptors (Lipinski definition) is 5. The van der Waals surface area contributed by atoms with Crippen LogP contribution >= 0.6 is 11.6 Å². The predicted molar refractivity (Wildman–Crippen MR) is 139 cm³/mol. The summed E-state index contributed by atoms with van der Waals surface area (Å²) in [5, 5.41) is 6.30. The van der Waals surface area contributed by atoms with Crippen molar-refractivity contribution >= 4 is 43.1 Å². The Morgan fingerprint density at radius 1 is 0.972 bits per heavy atom. The molecule has 0 amide bonds. The van der Waals surface area contributed by atoms with Crippen LogP contribution in [0.1, 0.15) is 12.0 Å². The molecule has 0 fully saturated rings. The molecule has 0 unspecified atom stereocenters. The standard InChI is InChI=1S/C27H23ClFN3O3S/c28-20-9-3-6-18(14-20)17-32-26-23(15-21(29)16-24(26)35-13-5-12-30)27(31-32)36(33,34)25-11-4-8-19-7-1-2-10-22(19)25/h1-4,6-11,14-16H,5,12-13,17,30H2. The van der Waals surface area contributed by atoms with Crippen LogP contribution in [-0.2, 0) is 16.4 Å². The molecule has 5 aromatic rings. The number of fused-ring (bicyclic) bond motifs is 2. The molecule has 0 aliphatic heterocycles. The fraction of sp³-hybridized carbons (Fsp3) is 0.148. The fourth-order valence-corrected chi connectivity index (χ4v) is 6.05. The minimum absolute atomic E-state index is 0.102. The normalized spacial score (nSPS) is 11.9. The van der Waals surface area contributed by atoms with Crippen molar-refractivity contribution in [1.82, 2.24) is 9.78 Å². The van der Waals surface area contributed by atoms with Gasteiger partial charge in [0.2, 0.25) is 9.84 Å². The first-order chi connectivity index (χ1) is 17.4. The first kappa shape index (κ1) is 24.2. The molecule has 2 N–H and O–H groups in total. The van der Waals surface area contributed by atoms with Gasteiger partial charge in [0.15, 0.2) is 5.03 Å². The molecule has 0 saturated heterocycles. The lowest BCUT2D eigenvalue weighted by molar-refractivity contribution is 0.314. The Morgan fingerprint density at radius 2 is 1.75 bits per heavy atom. The van der Waals surface area contributed by atoms with Crippen LogP contribution < -0.4 is 10.5 Å².